The summed E-state index contributed by atoms with van der Waals surface area (Å²) in [6, 6.07) is 8.88. The van der Waals surface area contributed by atoms with E-state index in [1.807, 2.05) is 24.3 Å². The molecule has 0 aliphatic carbocycles. The molecule has 158 valence electrons. The summed E-state index contributed by atoms with van der Waals surface area (Å²) in [5.74, 6) is 0.202. The number of benzene rings is 1. The number of aryl methyl sites for hydroxylation is 1. The second kappa shape index (κ2) is 7.08. The first-order valence-electron chi connectivity index (χ1n) is 10.1. The van der Waals surface area contributed by atoms with Crippen molar-refractivity contribution in [2.45, 2.75) is 12.5 Å². The largest absolute Gasteiger partial charge is 0.411 e. The van der Waals surface area contributed by atoms with Crippen LogP contribution < -0.4 is 0 Å². The number of para-hydroxylation sites is 1. The number of amides is 1. The molecular formula is C21H17N9O2. The monoisotopic (exact) mass is 427 g/mol. The zero-order valence-electron chi connectivity index (χ0n) is 17.0. The third-order valence-corrected chi connectivity index (χ3v) is 5.59. The molecule has 0 saturated carbocycles. The van der Waals surface area contributed by atoms with E-state index in [0.29, 0.717) is 30.2 Å². The summed E-state index contributed by atoms with van der Waals surface area (Å²) in [5, 5.41) is 13.0. The molecule has 0 fully saturated rings. The van der Waals surface area contributed by atoms with Crippen LogP contribution in [0, 0.1) is 0 Å². The molecule has 0 bridgehead atoms. The van der Waals surface area contributed by atoms with E-state index < -0.39 is 11.9 Å². The zero-order valence-corrected chi connectivity index (χ0v) is 17.0. The number of carbonyl (C=O) groups excluding carboxylic acids is 1. The van der Waals surface area contributed by atoms with Crippen molar-refractivity contribution >= 4 is 16.8 Å². The lowest BCUT2D eigenvalue weighted by atomic mass is 10.0. The Kier molecular flexibility index (Phi) is 4.06. The number of aromatic nitrogens is 8. The number of aromatic amines is 1. The Bertz CT molecular complexity index is 1450. The van der Waals surface area contributed by atoms with E-state index in [0.717, 1.165) is 16.6 Å². The maximum Gasteiger partial charge on any atom is 0.312 e. The molecule has 5 aromatic rings. The molecule has 1 N–H and O–H groups in total. The summed E-state index contributed by atoms with van der Waals surface area (Å²) in [7, 11) is 1.76. The Balaban J connectivity index is 1.41. The van der Waals surface area contributed by atoms with Crippen LogP contribution in [0.25, 0.3) is 22.5 Å². The number of imidazole rings is 1. The van der Waals surface area contributed by atoms with Crippen LogP contribution in [0.5, 0.6) is 0 Å². The molecule has 0 spiro atoms. The van der Waals surface area contributed by atoms with Gasteiger partial charge in [0.2, 0.25) is 0 Å². The van der Waals surface area contributed by atoms with Crippen molar-refractivity contribution in [2.24, 2.45) is 7.05 Å². The standard InChI is InChI=1S/C21H17N9O2/c1-29-15(6-8-25-29)19-27-28-20(32-19)21(31)30-9-7-14-16(24-11-23-14)17(30)18-22-10-12-4-2-3-5-13(12)26-18/h2-6,8,10-11,17H,7,9H2,1H3,(H,23,24)/t17-/m0/s1. The average molecular weight is 427 g/mol. The number of rotatable bonds is 3. The lowest BCUT2D eigenvalue weighted by molar-refractivity contribution is 0.0643. The number of nitrogens with zero attached hydrogens (tertiary/aromatic N) is 8. The molecule has 0 radical (unpaired) electrons. The molecule has 0 saturated heterocycles. The van der Waals surface area contributed by atoms with E-state index in [2.05, 4.69) is 30.2 Å². The van der Waals surface area contributed by atoms with E-state index in [1.54, 1.807) is 41.4 Å². The quantitative estimate of drug-likeness (QED) is 0.462. The van der Waals surface area contributed by atoms with Crippen molar-refractivity contribution in [3.05, 3.63) is 72.2 Å². The van der Waals surface area contributed by atoms with Crippen LogP contribution in [0.4, 0.5) is 0 Å². The van der Waals surface area contributed by atoms with Crippen molar-refractivity contribution in [2.75, 3.05) is 6.54 Å². The van der Waals surface area contributed by atoms with Gasteiger partial charge in [-0.2, -0.15) is 5.10 Å². The summed E-state index contributed by atoms with van der Waals surface area (Å²) in [6.07, 6.45) is 5.63. The fourth-order valence-electron chi connectivity index (χ4n) is 3.99. The van der Waals surface area contributed by atoms with Gasteiger partial charge in [0.25, 0.3) is 5.89 Å². The molecule has 32 heavy (non-hydrogen) atoms. The second-order valence-electron chi connectivity index (χ2n) is 7.46. The van der Waals surface area contributed by atoms with E-state index in [1.165, 1.54) is 0 Å². The Morgan fingerprint density at radius 1 is 1.19 bits per heavy atom. The lowest BCUT2D eigenvalue weighted by Gasteiger charge is -2.32. The average Bonchev–Trinajstić information content (AvgIpc) is 3.58. The summed E-state index contributed by atoms with van der Waals surface area (Å²) >= 11 is 0. The van der Waals surface area contributed by atoms with E-state index in [9.17, 15) is 4.79 Å². The number of carbonyl (C=O) groups is 1. The molecule has 11 heteroatoms. The lowest BCUT2D eigenvalue weighted by Crippen LogP contribution is -2.41. The van der Waals surface area contributed by atoms with Gasteiger partial charge in [-0.05, 0) is 12.1 Å². The molecular weight excluding hydrogens is 410 g/mol. The Labute approximate surface area is 181 Å². The topological polar surface area (TPSA) is 132 Å². The second-order valence-corrected chi connectivity index (χ2v) is 7.46. The molecule has 11 nitrogen and oxygen atoms in total. The molecule has 1 amide bonds. The number of H-pyrrole nitrogens is 1. The summed E-state index contributed by atoms with van der Waals surface area (Å²) in [6.45, 7) is 0.429. The number of nitrogens with one attached hydrogen (secondary N) is 1. The highest BCUT2D eigenvalue weighted by molar-refractivity contribution is 5.90. The molecule has 5 heterocycles. The fraction of sp³-hybridized carbons (Fsp3) is 0.190. The summed E-state index contributed by atoms with van der Waals surface area (Å²) in [4.78, 5) is 32.0. The molecule has 1 aliphatic heterocycles. The maximum atomic E-state index is 13.5. The van der Waals surface area contributed by atoms with Gasteiger partial charge in [-0.25, -0.2) is 15.0 Å². The van der Waals surface area contributed by atoms with Crippen LogP contribution in [0.15, 0.2) is 53.5 Å². The Morgan fingerprint density at radius 3 is 2.97 bits per heavy atom. The van der Waals surface area contributed by atoms with Gasteiger partial charge >= 0.3 is 11.8 Å². The number of fused-ring (bicyclic) bond motifs is 2. The minimum atomic E-state index is -0.575. The van der Waals surface area contributed by atoms with E-state index in [-0.39, 0.29) is 11.8 Å². The van der Waals surface area contributed by atoms with Gasteiger partial charge in [-0.3, -0.25) is 9.48 Å². The summed E-state index contributed by atoms with van der Waals surface area (Å²) in [5.41, 5.74) is 3.09. The number of hydrogen-bond acceptors (Lipinski definition) is 8. The third kappa shape index (κ3) is 2.86. The highest BCUT2D eigenvalue weighted by Crippen LogP contribution is 2.33. The van der Waals surface area contributed by atoms with Crippen LogP contribution in [0.2, 0.25) is 0 Å². The minimum Gasteiger partial charge on any atom is -0.411 e. The van der Waals surface area contributed by atoms with Crippen LogP contribution in [-0.4, -0.2) is 57.3 Å². The van der Waals surface area contributed by atoms with Crippen LogP contribution in [0.3, 0.4) is 0 Å². The molecule has 4 aromatic heterocycles. The Morgan fingerprint density at radius 2 is 2.09 bits per heavy atom. The molecule has 1 aliphatic rings. The summed E-state index contributed by atoms with van der Waals surface area (Å²) < 4.78 is 7.31. The SMILES string of the molecule is Cn1nccc1-c1nnc(C(=O)N2CCc3[nH]cnc3[C@H]2c2ncc3ccccc3n2)o1. The molecule has 0 unspecified atom stereocenters. The third-order valence-electron chi connectivity index (χ3n) is 5.59. The van der Waals surface area contributed by atoms with Gasteiger partial charge in [0, 0.05) is 43.5 Å². The van der Waals surface area contributed by atoms with Crippen molar-refractivity contribution < 1.29 is 9.21 Å². The first-order chi connectivity index (χ1) is 15.7. The van der Waals surface area contributed by atoms with Gasteiger partial charge in [-0.1, -0.05) is 18.2 Å². The van der Waals surface area contributed by atoms with Gasteiger partial charge < -0.3 is 14.3 Å². The van der Waals surface area contributed by atoms with Crippen LogP contribution in [-0.2, 0) is 13.5 Å². The van der Waals surface area contributed by atoms with E-state index >= 15 is 0 Å². The van der Waals surface area contributed by atoms with Crippen molar-refractivity contribution in [3.63, 3.8) is 0 Å². The first kappa shape index (κ1) is 18.4. The van der Waals surface area contributed by atoms with Crippen LogP contribution >= 0.6 is 0 Å². The van der Waals surface area contributed by atoms with E-state index in [4.69, 9.17) is 9.40 Å². The predicted molar refractivity (Wildman–Crippen MR) is 111 cm³/mol. The van der Waals surface area contributed by atoms with Crippen molar-refractivity contribution in [1.29, 1.82) is 0 Å². The molecule has 1 aromatic carbocycles. The number of hydrogen-bond donors (Lipinski definition) is 1. The van der Waals surface area contributed by atoms with Gasteiger partial charge in [0.05, 0.1) is 17.5 Å². The van der Waals surface area contributed by atoms with Gasteiger partial charge in [-0.15, -0.1) is 10.2 Å². The van der Waals surface area contributed by atoms with Gasteiger partial charge in [0.15, 0.2) is 5.82 Å². The highest BCUT2D eigenvalue weighted by Gasteiger charge is 2.38. The maximum absolute atomic E-state index is 13.5. The smallest absolute Gasteiger partial charge is 0.312 e. The normalized spacial score (nSPS) is 15.8. The highest BCUT2D eigenvalue weighted by atomic mass is 16.4. The van der Waals surface area contributed by atoms with Gasteiger partial charge in [0.1, 0.15) is 11.7 Å². The minimum absolute atomic E-state index is 0.106. The van der Waals surface area contributed by atoms with Crippen molar-refractivity contribution in [1.82, 2.24) is 44.8 Å². The first-order valence-corrected chi connectivity index (χ1v) is 10.1. The van der Waals surface area contributed by atoms with Crippen molar-refractivity contribution in [3.8, 4) is 11.6 Å². The molecule has 6 rings (SSSR count). The fourth-order valence-corrected chi connectivity index (χ4v) is 3.99. The zero-order chi connectivity index (χ0) is 21.7. The van der Waals surface area contributed by atoms with Crippen LogP contribution in [0.1, 0.15) is 33.9 Å². The molecule has 1 atom stereocenters. The Hall–Kier alpha value is -4.41. The predicted octanol–water partition coefficient (Wildman–Crippen LogP) is 1.92.